The minimum atomic E-state index is 0.357. The van der Waals surface area contributed by atoms with Crippen LogP contribution < -0.4 is 11.1 Å². The summed E-state index contributed by atoms with van der Waals surface area (Å²) in [4.78, 5) is 0. The average molecular weight is 156 g/mol. The van der Waals surface area contributed by atoms with Crippen molar-refractivity contribution in [2.75, 3.05) is 19.6 Å². The van der Waals surface area contributed by atoms with Crippen LogP contribution in [0.1, 0.15) is 26.7 Å². The van der Waals surface area contributed by atoms with Gasteiger partial charge in [-0.2, -0.15) is 0 Å². The molecule has 0 saturated carbocycles. The lowest BCUT2D eigenvalue weighted by Gasteiger charge is -2.31. The van der Waals surface area contributed by atoms with E-state index in [0.29, 0.717) is 5.41 Å². The molecule has 0 amide bonds. The first-order chi connectivity index (χ1) is 5.14. The van der Waals surface area contributed by atoms with Gasteiger partial charge in [-0.1, -0.05) is 13.8 Å². The van der Waals surface area contributed by atoms with Gasteiger partial charge < -0.3 is 11.1 Å². The van der Waals surface area contributed by atoms with Gasteiger partial charge in [0.1, 0.15) is 0 Å². The fraction of sp³-hybridized carbons (Fsp3) is 1.00. The van der Waals surface area contributed by atoms with Crippen LogP contribution in [-0.4, -0.2) is 19.6 Å². The molecule has 0 spiro atoms. The van der Waals surface area contributed by atoms with Gasteiger partial charge in [0.2, 0.25) is 0 Å². The minimum absolute atomic E-state index is 0.357. The van der Waals surface area contributed by atoms with Crippen molar-refractivity contribution in [1.82, 2.24) is 5.32 Å². The van der Waals surface area contributed by atoms with Crippen LogP contribution in [0, 0.1) is 11.3 Å². The summed E-state index contributed by atoms with van der Waals surface area (Å²) in [6, 6.07) is 0. The highest BCUT2D eigenvalue weighted by Crippen LogP contribution is 2.24. The second-order valence-corrected chi connectivity index (χ2v) is 4.43. The van der Waals surface area contributed by atoms with Crippen LogP contribution in [0.25, 0.3) is 0 Å². The highest BCUT2D eigenvalue weighted by molar-refractivity contribution is 4.78. The molecule has 0 unspecified atom stereocenters. The zero-order valence-corrected chi connectivity index (χ0v) is 7.69. The number of nitrogens with one attached hydrogen (secondary N) is 1. The normalized spacial score (nSPS) is 19.9. The summed E-state index contributed by atoms with van der Waals surface area (Å²) in [6.07, 6.45) is 2.62. The Labute approximate surface area is 69.5 Å². The highest BCUT2D eigenvalue weighted by Gasteiger charge is 2.21. The molecule has 0 aliphatic carbocycles. The molecule has 0 bridgehead atoms. The molecule has 3 N–H and O–H groups in total. The molecule has 1 aliphatic rings. The first kappa shape index (κ1) is 9.01. The molecule has 2 heteroatoms. The maximum absolute atomic E-state index is 5.64. The van der Waals surface area contributed by atoms with E-state index in [0.717, 1.165) is 12.5 Å². The Kier molecular flexibility index (Phi) is 2.90. The van der Waals surface area contributed by atoms with Crippen molar-refractivity contribution in [3.8, 4) is 0 Å². The molecule has 11 heavy (non-hydrogen) atoms. The third-order valence-electron chi connectivity index (χ3n) is 2.65. The topological polar surface area (TPSA) is 38.0 Å². The summed E-state index contributed by atoms with van der Waals surface area (Å²) in [6.45, 7) is 7.76. The Balaban J connectivity index is 2.09. The fourth-order valence-corrected chi connectivity index (χ4v) is 1.25. The van der Waals surface area contributed by atoms with E-state index in [2.05, 4.69) is 19.2 Å². The Bertz CT molecular complexity index is 117. The van der Waals surface area contributed by atoms with Crippen molar-refractivity contribution in [2.45, 2.75) is 26.7 Å². The SMILES string of the molecule is CC(C)(CN)CCC1CNC1. The van der Waals surface area contributed by atoms with Gasteiger partial charge in [-0.25, -0.2) is 0 Å². The second kappa shape index (κ2) is 3.55. The Morgan fingerprint density at radius 1 is 1.45 bits per heavy atom. The lowest BCUT2D eigenvalue weighted by Crippen LogP contribution is -2.42. The van der Waals surface area contributed by atoms with Crippen LogP contribution in [0.2, 0.25) is 0 Å². The lowest BCUT2D eigenvalue weighted by molar-refractivity contribution is 0.254. The molecule has 1 heterocycles. The summed E-state index contributed by atoms with van der Waals surface area (Å²) in [7, 11) is 0. The molecular formula is C9H20N2. The first-order valence-corrected chi connectivity index (χ1v) is 4.55. The number of nitrogens with two attached hydrogens (primary N) is 1. The third kappa shape index (κ3) is 2.80. The monoisotopic (exact) mass is 156 g/mol. The van der Waals surface area contributed by atoms with Crippen molar-refractivity contribution in [3.05, 3.63) is 0 Å². The molecule has 0 aromatic carbocycles. The maximum Gasteiger partial charge on any atom is -0.000825 e. The van der Waals surface area contributed by atoms with Gasteiger partial charge in [0, 0.05) is 0 Å². The molecule has 0 aromatic heterocycles. The van der Waals surface area contributed by atoms with Crippen molar-refractivity contribution in [1.29, 1.82) is 0 Å². The summed E-state index contributed by atoms with van der Waals surface area (Å²) in [5, 5.41) is 3.28. The first-order valence-electron chi connectivity index (χ1n) is 4.55. The molecule has 0 radical (unpaired) electrons. The zero-order valence-electron chi connectivity index (χ0n) is 7.69. The summed E-state index contributed by atoms with van der Waals surface area (Å²) >= 11 is 0. The van der Waals surface area contributed by atoms with Gasteiger partial charge >= 0.3 is 0 Å². The Morgan fingerprint density at radius 2 is 2.09 bits per heavy atom. The van der Waals surface area contributed by atoms with E-state index in [4.69, 9.17) is 5.73 Å². The Morgan fingerprint density at radius 3 is 2.45 bits per heavy atom. The fourth-order valence-electron chi connectivity index (χ4n) is 1.25. The van der Waals surface area contributed by atoms with Gasteiger partial charge in [0.15, 0.2) is 0 Å². The van der Waals surface area contributed by atoms with E-state index in [1.165, 1.54) is 25.9 Å². The molecule has 1 saturated heterocycles. The smallest absolute Gasteiger partial charge is 0.000825 e. The van der Waals surface area contributed by atoms with Crippen molar-refractivity contribution >= 4 is 0 Å². The van der Waals surface area contributed by atoms with Crippen molar-refractivity contribution in [3.63, 3.8) is 0 Å². The van der Waals surface area contributed by atoms with Crippen molar-refractivity contribution in [2.24, 2.45) is 17.1 Å². The minimum Gasteiger partial charge on any atom is -0.330 e. The number of hydrogen-bond donors (Lipinski definition) is 2. The summed E-state index contributed by atoms with van der Waals surface area (Å²) < 4.78 is 0. The maximum atomic E-state index is 5.64. The van der Waals surface area contributed by atoms with E-state index in [1.54, 1.807) is 0 Å². The zero-order chi connectivity index (χ0) is 8.32. The largest absolute Gasteiger partial charge is 0.330 e. The van der Waals surface area contributed by atoms with E-state index >= 15 is 0 Å². The van der Waals surface area contributed by atoms with Gasteiger partial charge in [-0.15, -0.1) is 0 Å². The van der Waals surface area contributed by atoms with E-state index in [1.807, 2.05) is 0 Å². The molecule has 1 rings (SSSR count). The van der Waals surface area contributed by atoms with Gasteiger partial charge in [-0.3, -0.25) is 0 Å². The molecule has 2 nitrogen and oxygen atoms in total. The molecule has 1 aliphatic heterocycles. The average Bonchev–Trinajstić information content (AvgIpc) is 1.84. The Hall–Kier alpha value is -0.0800. The molecule has 0 atom stereocenters. The predicted molar refractivity (Wildman–Crippen MR) is 48.4 cm³/mol. The van der Waals surface area contributed by atoms with E-state index in [9.17, 15) is 0 Å². The number of rotatable bonds is 4. The van der Waals surface area contributed by atoms with Crippen molar-refractivity contribution < 1.29 is 0 Å². The van der Waals surface area contributed by atoms with Crippen LogP contribution >= 0.6 is 0 Å². The summed E-state index contributed by atoms with van der Waals surface area (Å²) in [5.41, 5.74) is 5.99. The van der Waals surface area contributed by atoms with Crippen LogP contribution in [0.4, 0.5) is 0 Å². The standard InChI is InChI=1S/C9H20N2/c1-9(2,7-10)4-3-8-5-11-6-8/h8,11H,3-7,10H2,1-2H3. The van der Waals surface area contributed by atoms with Crippen LogP contribution in [0.5, 0.6) is 0 Å². The second-order valence-electron chi connectivity index (χ2n) is 4.43. The predicted octanol–water partition coefficient (Wildman–Crippen LogP) is 0.971. The van der Waals surface area contributed by atoms with Crippen LogP contribution in [0.3, 0.4) is 0 Å². The van der Waals surface area contributed by atoms with Crippen LogP contribution in [-0.2, 0) is 0 Å². The lowest BCUT2D eigenvalue weighted by atomic mass is 9.83. The molecule has 1 fully saturated rings. The third-order valence-corrected chi connectivity index (χ3v) is 2.65. The number of hydrogen-bond acceptors (Lipinski definition) is 2. The highest BCUT2D eigenvalue weighted by atomic mass is 14.9. The summed E-state index contributed by atoms with van der Waals surface area (Å²) in [5.74, 6) is 0.931. The molecule has 0 aromatic rings. The van der Waals surface area contributed by atoms with Gasteiger partial charge in [0.05, 0.1) is 0 Å². The molecular weight excluding hydrogens is 136 g/mol. The van der Waals surface area contributed by atoms with Gasteiger partial charge in [0.25, 0.3) is 0 Å². The van der Waals surface area contributed by atoms with E-state index in [-0.39, 0.29) is 0 Å². The van der Waals surface area contributed by atoms with Crippen LogP contribution in [0.15, 0.2) is 0 Å². The molecule has 66 valence electrons. The van der Waals surface area contributed by atoms with Gasteiger partial charge in [-0.05, 0) is 43.8 Å². The van der Waals surface area contributed by atoms with E-state index < -0.39 is 0 Å². The quantitative estimate of drug-likeness (QED) is 0.636.